The summed E-state index contributed by atoms with van der Waals surface area (Å²) in [4.78, 5) is 0. The summed E-state index contributed by atoms with van der Waals surface area (Å²) in [5.74, 6) is 0.419. The maximum absolute atomic E-state index is 13.7. The van der Waals surface area contributed by atoms with Crippen LogP contribution < -0.4 is 10.5 Å². The molecule has 0 heterocycles. The first-order chi connectivity index (χ1) is 10.1. The van der Waals surface area contributed by atoms with Gasteiger partial charge in [-0.2, -0.15) is 0 Å². The van der Waals surface area contributed by atoms with E-state index < -0.39 is 0 Å². The van der Waals surface area contributed by atoms with Crippen molar-refractivity contribution in [2.45, 2.75) is 32.4 Å². The molecule has 0 aliphatic rings. The molecular formula is C17H19ClFNO. The SMILES string of the molecule is CCC(N)Cc1ccccc1OCc1cc(Cl)ccc1F. The van der Waals surface area contributed by atoms with Crippen molar-refractivity contribution in [3.05, 3.63) is 64.4 Å². The van der Waals surface area contributed by atoms with Gasteiger partial charge in [-0.3, -0.25) is 0 Å². The number of ether oxygens (including phenoxy) is 1. The van der Waals surface area contributed by atoms with Crippen molar-refractivity contribution in [2.75, 3.05) is 0 Å². The molecule has 0 aliphatic heterocycles. The van der Waals surface area contributed by atoms with Gasteiger partial charge in [0.2, 0.25) is 0 Å². The van der Waals surface area contributed by atoms with Crippen molar-refractivity contribution in [1.82, 2.24) is 0 Å². The first-order valence-corrected chi connectivity index (χ1v) is 7.38. The first kappa shape index (κ1) is 15.8. The number of halogens is 2. The number of nitrogens with two attached hydrogens (primary N) is 1. The normalized spacial score (nSPS) is 12.2. The fourth-order valence-electron chi connectivity index (χ4n) is 2.05. The van der Waals surface area contributed by atoms with Crippen LogP contribution >= 0.6 is 11.6 Å². The molecule has 0 bridgehead atoms. The van der Waals surface area contributed by atoms with E-state index in [9.17, 15) is 4.39 Å². The third-order valence-electron chi connectivity index (χ3n) is 3.37. The summed E-state index contributed by atoms with van der Waals surface area (Å²) in [5.41, 5.74) is 7.47. The molecule has 0 saturated carbocycles. The van der Waals surface area contributed by atoms with Crippen molar-refractivity contribution in [1.29, 1.82) is 0 Å². The number of hydrogen-bond donors (Lipinski definition) is 1. The number of para-hydroxylation sites is 1. The van der Waals surface area contributed by atoms with Gasteiger partial charge in [-0.15, -0.1) is 0 Å². The second-order valence-electron chi connectivity index (χ2n) is 5.00. The maximum atomic E-state index is 13.7. The second kappa shape index (κ2) is 7.43. The molecule has 1 atom stereocenters. The zero-order chi connectivity index (χ0) is 15.2. The highest BCUT2D eigenvalue weighted by molar-refractivity contribution is 6.30. The minimum atomic E-state index is -0.317. The highest BCUT2D eigenvalue weighted by Gasteiger charge is 2.09. The van der Waals surface area contributed by atoms with Gasteiger partial charge in [0.15, 0.2) is 0 Å². The molecule has 4 heteroatoms. The van der Waals surface area contributed by atoms with Crippen molar-refractivity contribution < 1.29 is 9.13 Å². The van der Waals surface area contributed by atoms with Crippen LogP contribution in [0.1, 0.15) is 24.5 Å². The standard InChI is InChI=1S/C17H19ClFNO/c1-2-15(20)10-12-5-3-4-6-17(12)21-11-13-9-14(18)7-8-16(13)19/h3-9,15H,2,10-11,20H2,1H3. The zero-order valence-electron chi connectivity index (χ0n) is 12.0. The van der Waals surface area contributed by atoms with Crippen LogP contribution in [-0.4, -0.2) is 6.04 Å². The molecule has 0 saturated heterocycles. The lowest BCUT2D eigenvalue weighted by Gasteiger charge is -2.14. The first-order valence-electron chi connectivity index (χ1n) is 7.00. The van der Waals surface area contributed by atoms with Gasteiger partial charge < -0.3 is 10.5 Å². The summed E-state index contributed by atoms with van der Waals surface area (Å²) in [5, 5.41) is 0.497. The molecule has 0 radical (unpaired) electrons. The van der Waals surface area contributed by atoms with Gasteiger partial charge in [0, 0.05) is 16.6 Å². The maximum Gasteiger partial charge on any atom is 0.129 e. The minimum Gasteiger partial charge on any atom is -0.489 e. The molecule has 2 aromatic rings. The monoisotopic (exact) mass is 307 g/mol. The molecule has 0 aromatic heterocycles. The largest absolute Gasteiger partial charge is 0.489 e. The lowest BCUT2D eigenvalue weighted by molar-refractivity contribution is 0.296. The van der Waals surface area contributed by atoms with E-state index in [2.05, 4.69) is 6.92 Å². The van der Waals surface area contributed by atoms with Gasteiger partial charge in [-0.1, -0.05) is 36.7 Å². The van der Waals surface area contributed by atoms with E-state index in [0.29, 0.717) is 10.6 Å². The molecule has 2 aromatic carbocycles. The second-order valence-corrected chi connectivity index (χ2v) is 5.44. The highest BCUT2D eigenvalue weighted by atomic mass is 35.5. The van der Waals surface area contributed by atoms with Crippen LogP contribution in [-0.2, 0) is 13.0 Å². The lowest BCUT2D eigenvalue weighted by atomic mass is 10.0. The molecule has 0 spiro atoms. The predicted molar refractivity (Wildman–Crippen MR) is 84.2 cm³/mol. The van der Waals surface area contributed by atoms with Crippen molar-refractivity contribution in [3.8, 4) is 5.75 Å². The number of rotatable bonds is 6. The van der Waals surface area contributed by atoms with Crippen molar-refractivity contribution in [2.24, 2.45) is 5.73 Å². The quantitative estimate of drug-likeness (QED) is 0.861. The lowest BCUT2D eigenvalue weighted by Crippen LogP contribution is -2.21. The Balaban J connectivity index is 2.11. The fraction of sp³-hybridized carbons (Fsp3) is 0.294. The Morgan fingerprint density at radius 2 is 1.95 bits per heavy atom. The van der Waals surface area contributed by atoms with Gasteiger partial charge in [0.25, 0.3) is 0 Å². The van der Waals surface area contributed by atoms with Crippen molar-refractivity contribution >= 4 is 11.6 Å². The van der Waals surface area contributed by atoms with E-state index in [-0.39, 0.29) is 18.5 Å². The van der Waals surface area contributed by atoms with E-state index in [1.807, 2.05) is 24.3 Å². The van der Waals surface area contributed by atoms with Crippen LogP contribution in [0, 0.1) is 5.82 Å². The zero-order valence-corrected chi connectivity index (χ0v) is 12.7. The van der Waals surface area contributed by atoms with Gasteiger partial charge >= 0.3 is 0 Å². The van der Waals surface area contributed by atoms with Gasteiger partial charge in [-0.25, -0.2) is 4.39 Å². The molecule has 0 aliphatic carbocycles. The van der Waals surface area contributed by atoms with E-state index in [4.69, 9.17) is 22.1 Å². The van der Waals surface area contributed by atoms with E-state index in [1.165, 1.54) is 12.1 Å². The summed E-state index contributed by atoms with van der Waals surface area (Å²) >= 11 is 5.88. The molecule has 0 fully saturated rings. The summed E-state index contributed by atoms with van der Waals surface area (Å²) < 4.78 is 19.4. The van der Waals surface area contributed by atoms with Crippen LogP contribution in [0.25, 0.3) is 0 Å². The van der Waals surface area contributed by atoms with Crippen molar-refractivity contribution in [3.63, 3.8) is 0 Å². The molecule has 112 valence electrons. The van der Waals surface area contributed by atoms with Crippen LogP contribution in [0.3, 0.4) is 0 Å². The minimum absolute atomic E-state index is 0.0951. The Hall–Kier alpha value is -1.58. The van der Waals surface area contributed by atoms with Crippen LogP contribution in [0.5, 0.6) is 5.75 Å². The third-order valence-corrected chi connectivity index (χ3v) is 3.61. The fourth-order valence-corrected chi connectivity index (χ4v) is 2.24. The van der Waals surface area contributed by atoms with Gasteiger partial charge in [0.1, 0.15) is 18.2 Å². The van der Waals surface area contributed by atoms with E-state index in [0.717, 1.165) is 24.2 Å². The Kier molecular flexibility index (Phi) is 5.59. The van der Waals surface area contributed by atoms with E-state index >= 15 is 0 Å². The Morgan fingerprint density at radius 3 is 2.71 bits per heavy atom. The molecule has 0 amide bonds. The molecule has 2 rings (SSSR count). The molecule has 2 N–H and O–H groups in total. The summed E-state index contributed by atoms with van der Waals surface area (Å²) in [7, 11) is 0. The van der Waals surface area contributed by atoms with Crippen LogP contribution in [0.4, 0.5) is 4.39 Å². The predicted octanol–water partition coefficient (Wildman–Crippen LogP) is 4.34. The summed E-state index contributed by atoms with van der Waals surface area (Å²) in [6, 6.07) is 12.2. The van der Waals surface area contributed by atoms with Crippen LogP contribution in [0.15, 0.2) is 42.5 Å². The highest BCUT2D eigenvalue weighted by Crippen LogP contribution is 2.22. The summed E-state index contributed by atoms with van der Waals surface area (Å²) in [6.07, 6.45) is 1.64. The molecule has 2 nitrogen and oxygen atoms in total. The Labute approximate surface area is 129 Å². The third kappa shape index (κ3) is 4.45. The number of hydrogen-bond acceptors (Lipinski definition) is 2. The summed E-state index contributed by atoms with van der Waals surface area (Å²) in [6.45, 7) is 2.19. The smallest absolute Gasteiger partial charge is 0.129 e. The average molecular weight is 308 g/mol. The van der Waals surface area contributed by atoms with Gasteiger partial charge in [-0.05, 0) is 42.7 Å². The Morgan fingerprint density at radius 1 is 1.19 bits per heavy atom. The van der Waals surface area contributed by atoms with Crippen LogP contribution in [0.2, 0.25) is 5.02 Å². The molecule has 21 heavy (non-hydrogen) atoms. The van der Waals surface area contributed by atoms with E-state index in [1.54, 1.807) is 6.07 Å². The topological polar surface area (TPSA) is 35.2 Å². The molecule has 1 unspecified atom stereocenters. The molecular weight excluding hydrogens is 289 g/mol. The average Bonchev–Trinajstić information content (AvgIpc) is 2.49. The Bertz CT molecular complexity index is 603. The van der Waals surface area contributed by atoms with Gasteiger partial charge in [0.05, 0.1) is 0 Å². The number of benzene rings is 2.